The summed E-state index contributed by atoms with van der Waals surface area (Å²) in [7, 11) is 0. The molecule has 14 heteroatoms. The number of alkyl halides is 2. The Hall–Kier alpha value is -3.60. The minimum Gasteiger partial charge on any atom is -0.489 e. The van der Waals surface area contributed by atoms with Crippen molar-refractivity contribution in [3.8, 4) is 29.0 Å². The molecule has 2 fully saturated rings. The fourth-order valence-electron chi connectivity index (χ4n) is 6.31. The normalized spacial score (nSPS) is 17.1. The maximum atomic E-state index is 16.5. The lowest BCUT2D eigenvalue weighted by atomic mass is 9.95. The molecular weight excluding hydrogens is 596 g/mol. The molecule has 0 unspecified atom stereocenters. The quantitative estimate of drug-likeness (QED) is 0.246. The number of hydrogen-bond donors (Lipinski definition) is 2. The maximum absolute atomic E-state index is 16.5. The van der Waals surface area contributed by atoms with E-state index < -0.39 is 18.6 Å². The van der Waals surface area contributed by atoms with Crippen LogP contribution in [0.25, 0.3) is 32.1 Å². The summed E-state index contributed by atoms with van der Waals surface area (Å²) in [6.45, 7) is 1.43. The molecule has 0 bridgehead atoms. The Morgan fingerprint density at radius 1 is 1.19 bits per heavy atom. The molecule has 2 aromatic heterocycles. The minimum atomic E-state index is -1.75. The van der Waals surface area contributed by atoms with Crippen molar-refractivity contribution in [1.29, 1.82) is 5.26 Å². The second-order valence-corrected chi connectivity index (χ2v) is 11.7. The van der Waals surface area contributed by atoms with Gasteiger partial charge in [0.15, 0.2) is 11.6 Å². The van der Waals surface area contributed by atoms with Crippen LogP contribution in [0.2, 0.25) is 5.02 Å². The third kappa shape index (κ3) is 4.53. The molecule has 0 atom stereocenters. The molecule has 2 saturated heterocycles. The van der Waals surface area contributed by atoms with Crippen LogP contribution < -0.4 is 20.5 Å². The van der Waals surface area contributed by atoms with Crippen molar-refractivity contribution in [2.24, 2.45) is 0 Å². The summed E-state index contributed by atoms with van der Waals surface area (Å²) in [5, 5.41) is 13.6. The third-order valence-electron chi connectivity index (χ3n) is 8.08. The van der Waals surface area contributed by atoms with Crippen LogP contribution in [-0.2, 0) is 0 Å². The number of nitriles is 1. The van der Waals surface area contributed by atoms with Crippen LogP contribution >= 0.6 is 22.9 Å². The number of benzene rings is 2. The van der Waals surface area contributed by atoms with E-state index in [-0.39, 0.29) is 66.2 Å². The molecule has 3 aliphatic heterocycles. The van der Waals surface area contributed by atoms with Gasteiger partial charge in [0.05, 0.1) is 32.8 Å². The van der Waals surface area contributed by atoms with E-state index in [4.69, 9.17) is 26.8 Å². The number of ether oxygens (including phenoxy) is 2. The van der Waals surface area contributed by atoms with Gasteiger partial charge in [-0.05, 0) is 50.4 Å². The predicted octanol–water partition coefficient (Wildman–Crippen LogP) is 6.59. The Kier molecular flexibility index (Phi) is 7.63. The van der Waals surface area contributed by atoms with Crippen LogP contribution in [0.15, 0.2) is 12.1 Å². The molecule has 0 saturated carbocycles. The number of fused-ring (bicyclic) bond motifs is 2. The molecule has 0 radical (unpaired) electrons. The predicted molar refractivity (Wildman–Crippen MR) is 154 cm³/mol. The molecule has 5 heterocycles. The number of nitrogens with zero attached hydrogens (tertiary/aromatic N) is 4. The summed E-state index contributed by atoms with van der Waals surface area (Å²) in [5.74, 6) is -0.730. The van der Waals surface area contributed by atoms with Crippen LogP contribution in [0.4, 0.5) is 28.4 Å². The number of hydrogen-bond acceptors (Lipinski definition) is 9. The summed E-state index contributed by atoms with van der Waals surface area (Å²) in [4.78, 5) is 11.5. The van der Waals surface area contributed by atoms with E-state index >= 15 is 4.39 Å². The number of rotatable bonds is 4. The molecule has 3 N–H and O–H groups in total. The van der Waals surface area contributed by atoms with E-state index in [2.05, 4.69) is 20.2 Å². The molecule has 42 heavy (non-hydrogen) atoms. The zero-order valence-electron chi connectivity index (χ0n) is 22.2. The van der Waals surface area contributed by atoms with Crippen LogP contribution in [0.3, 0.4) is 0 Å². The summed E-state index contributed by atoms with van der Waals surface area (Å²) in [6, 6.07) is 4.69. The van der Waals surface area contributed by atoms with E-state index in [1.54, 1.807) is 0 Å². The molecule has 0 amide bonds. The topological polar surface area (TPSA) is 109 Å². The van der Waals surface area contributed by atoms with Gasteiger partial charge in [0.2, 0.25) is 6.93 Å². The van der Waals surface area contributed by atoms with Gasteiger partial charge >= 0.3 is 6.01 Å². The molecule has 0 spiro atoms. The van der Waals surface area contributed by atoms with Crippen molar-refractivity contribution in [2.75, 3.05) is 50.8 Å². The summed E-state index contributed by atoms with van der Waals surface area (Å²) < 4.78 is 62.8. The van der Waals surface area contributed by atoms with Gasteiger partial charge in [-0.1, -0.05) is 17.7 Å². The van der Waals surface area contributed by atoms with E-state index in [0.717, 1.165) is 50.1 Å². The second kappa shape index (κ2) is 11.2. The van der Waals surface area contributed by atoms with Gasteiger partial charge in [-0.15, -0.1) is 11.3 Å². The minimum absolute atomic E-state index is 0.0183. The first-order valence-corrected chi connectivity index (χ1v) is 14.5. The number of anilines is 2. The summed E-state index contributed by atoms with van der Waals surface area (Å²) in [5.41, 5.74) is 6.19. The van der Waals surface area contributed by atoms with Crippen LogP contribution in [0.1, 0.15) is 31.2 Å². The molecule has 8 nitrogen and oxygen atoms in total. The molecule has 0 aliphatic carbocycles. The van der Waals surface area contributed by atoms with E-state index in [0.29, 0.717) is 24.4 Å². The Balaban J connectivity index is 0.00000101. The Morgan fingerprint density at radius 3 is 2.64 bits per heavy atom. The SMILES string of the molecule is FCF.N#Cc1c(N)sc2c(F)ccc(-c3c(Cl)c4c5c(nc(OCC67CCCN6CCC7)nc5c3F)NCCO4)c12. The van der Waals surface area contributed by atoms with Gasteiger partial charge in [-0.3, -0.25) is 4.90 Å². The van der Waals surface area contributed by atoms with E-state index in [9.17, 15) is 18.4 Å². The highest BCUT2D eigenvalue weighted by Gasteiger charge is 2.45. The fraction of sp³-hybridized carbons (Fsp3) is 0.393. The number of halogens is 5. The van der Waals surface area contributed by atoms with Gasteiger partial charge in [-0.2, -0.15) is 15.2 Å². The highest BCUT2D eigenvalue weighted by Crippen LogP contribution is 2.50. The van der Waals surface area contributed by atoms with Crippen molar-refractivity contribution in [3.05, 3.63) is 34.4 Å². The highest BCUT2D eigenvalue weighted by atomic mass is 35.5. The monoisotopic (exact) mass is 620 g/mol. The molecule has 4 aromatic rings. The zero-order valence-corrected chi connectivity index (χ0v) is 23.8. The molecular formula is C28H25ClF4N6O2S. The lowest BCUT2D eigenvalue weighted by Crippen LogP contribution is -2.43. The van der Waals surface area contributed by atoms with Crippen LogP contribution in [0, 0.1) is 23.0 Å². The van der Waals surface area contributed by atoms with Crippen molar-refractivity contribution in [1.82, 2.24) is 14.9 Å². The van der Waals surface area contributed by atoms with Crippen LogP contribution in [-0.4, -0.2) is 60.2 Å². The van der Waals surface area contributed by atoms with Gasteiger partial charge in [0.1, 0.15) is 41.4 Å². The highest BCUT2D eigenvalue weighted by molar-refractivity contribution is 7.23. The standard InChI is InChI=1S/C27H23ClF2N6O2S.CH2F2/c28-19-17(13-3-4-15(29)23-16(13)14(11-31)24(32)39-23)20(30)21-18-22(19)37-10-7-33-25(18)35-26(34-21)38-12-27-5-1-8-36(27)9-2-6-27;2-1-3/h3-4H,1-2,5-10,12,32H2,(H,33,34,35);1H2. The average Bonchev–Trinajstić information content (AvgIpc) is 3.60. The smallest absolute Gasteiger partial charge is 0.319 e. The van der Waals surface area contributed by atoms with Gasteiger partial charge < -0.3 is 20.5 Å². The number of nitrogens with two attached hydrogens (primary N) is 1. The number of aromatic nitrogens is 2. The van der Waals surface area contributed by atoms with Gasteiger partial charge in [-0.25, -0.2) is 17.6 Å². The van der Waals surface area contributed by atoms with Crippen molar-refractivity contribution in [2.45, 2.75) is 31.2 Å². The van der Waals surface area contributed by atoms with Crippen molar-refractivity contribution >= 4 is 54.7 Å². The third-order valence-corrected chi connectivity index (χ3v) is 9.47. The maximum Gasteiger partial charge on any atom is 0.319 e. The number of nitrogens with one attached hydrogen (secondary N) is 1. The van der Waals surface area contributed by atoms with Crippen molar-refractivity contribution < 1.29 is 27.0 Å². The van der Waals surface area contributed by atoms with Gasteiger partial charge in [0, 0.05) is 10.9 Å². The first-order chi connectivity index (χ1) is 20.3. The molecule has 2 aromatic carbocycles. The Labute approximate surface area is 247 Å². The molecule has 3 aliphatic rings. The second-order valence-electron chi connectivity index (χ2n) is 10.2. The van der Waals surface area contributed by atoms with Gasteiger partial charge in [0.25, 0.3) is 0 Å². The summed E-state index contributed by atoms with van der Waals surface area (Å²) >= 11 is 7.74. The lowest BCUT2D eigenvalue weighted by Gasteiger charge is -2.31. The van der Waals surface area contributed by atoms with E-state index in [1.807, 2.05) is 6.07 Å². The van der Waals surface area contributed by atoms with Crippen LogP contribution in [0.5, 0.6) is 11.8 Å². The lowest BCUT2D eigenvalue weighted by molar-refractivity contribution is 0.108. The number of thiophene rings is 1. The van der Waals surface area contributed by atoms with Crippen molar-refractivity contribution in [3.63, 3.8) is 0 Å². The largest absolute Gasteiger partial charge is 0.489 e. The number of nitrogen functional groups attached to an aromatic ring is 1. The summed E-state index contributed by atoms with van der Waals surface area (Å²) in [6.07, 6.45) is 4.33. The zero-order chi connectivity index (χ0) is 29.6. The molecule has 7 rings (SSSR count). The fourth-order valence-corrected chi connectivity index (χ4v) is 7.59. The first-order valence-electron chi connectivity index (χ1n) is 13.3. The Morgan fingerprint density at radius 2 is 1.93 bits per heavy atom. The Bertz CT molecular complexity index is 1740. The molecule has 220 valence electrons. The average molecular weight is 621 g/mol. The first kappa shape index (κ1) is 28.5. The van der Waals surface area contributed by atoms with E-state index in [1.165, 1.54) is 12.1 Å².